The maximum atomic E-state index is 13.0. The molecular weight excluding hydrogens is 341 g/mol. The number of ether oxygens (including phenoxy) is 1. The topological polar surface area (TPSA) is 52.3 Å². The van der Waals surface area contributed by atoms with Gasteiger partial charge >= 0.3 is 5.97 Å². The van der Waals surface area contributed by atoms with Gasteiger partial charge in [-0.1, -0.05) is 66.7 Å². The molecule has 2 N–H and O–H groups in total. The number of hydrogen-bond donors (Lipinski definition) is 1. The summed E-state index contributed by atoms with van der Waals surface area (Å²) in [6, 6.07) is 23.6. The molecule has 0 unspecified atom stereocenters. The lowest BCUT2D eigenvalue weighted by Gasteiger charge is -2.22. The van der Waals surface area contributed by atoms with Crippen LogP contribution in [0.2, 0.25) is 0 Å². The molecule has 0 heterocycles. The van der Waals surface area contributed by atoms with E-state index in [1.54, 1.807) is 19.1 Å². The predicted octanol–water partition coefficient (Wildman–Crippen LogP) is 4.50. The van der Waals surface area contributed by atoms with Crippen LogP contribution in [0.3, 0.4) is 0 Å². The molecule has 3 aromatic carbocycles. The van der Waals surface area contributed by atoms with Crippen molar-refractivity contribution in [1.82, 2.24) is 0 Å². The van der Waals surface area contributed by atoms with E-state index in [2.05, 4.69) is 0 Å². The zero-order valence-electron chi connectivity index (χ0n) is 15.2. The monoisotopic (exact) mass is 363 g/mol. The average Bonchev–Trinajstić information content (AvgIpc) is 2.68. The number of halogens is 1. The Labute approximate surface area is 158 Å². The van der Waals surface area contributed by atoms with Gasteiger partial charge in [-0.25, -0.2) is 4.39 Å². The van der Waals surface area contributed by atoms with E-state index in [-0.39, 0.29) is 12.4 Å². The lowest BCUT2D eigenvalue weighted by atomic mass is 9.93. The number of carbonyl (C=O) groups is 1. The number of carbonyl (C=O) groups excluding carboxylic acids is 1. The van der Waals surface area contributed by atoms with Crippen LogP contribution in [0.4, 0.5) is 4.39 Å². The fourth-order valence-electron chi connectivity index (χ4n) is 2.84. The van der Waals surface area contributed by atoms with Crippen LogP contribution in [0.25, 0.3) is 11.1 Å². The van der Waals surface area contributed by atoms with E-state index in [0.29, 0.717) is 6.42 Å². The summed E-state index contributed by atoms with van der Waals surface area (Å²) in [7, 11) is 0. The van der Waals surface area contributed by atoms with E-state index in [1.807, 2.05) is 54.6 Å². The molecule has 0 spiro atoms. The molecule has 3 rings (SSSR count). The quantitative estimate of drug-likeness (QED) is 0.656. The molecule has 0 saturated carbocycles. The van der Waals surface area contributed by atoms with Gasteiger partial charge in [0.25, 0.3) is 0 Å². The fourth-order valence-corrected chi connectivity index (χ4v) is 2.84. The molecule has 0 aliphatic rings. The van der Waals surface area contributed by atoms with Crippen molar-refractivity contribution in [3.05, 3.63) is 95.8 Å². The molecule has 1 atom stereocenters. The number of hydrogen-bond acceptors (Lipinski definition) is 3. The zero-order valence-corrected chi connectivity index (χ0v) is 15.2. The summed E-state index contributed by atoms with van der Waals surface area (Å²) in [5.41, 5.74) is 8.85. The molecule has 0 aliphatic heterocycles. The molecule has 0 aromatic heterocycles. The second-order valence-electron chi connectivity index (χ2n) is 6.86. The minimum absolute atomic E-state index is 0.204. The zero-order chi connectivity index (χ0) is 19.3. The van der Waals surface area contributed by atoms with Crippen molar-refractivity contribution in [3.63, 3.8) is 0 Å². The first-order valence-corrected chi connectivity index (χ1v) is 8.79. The van der Waals surface area contributed by atoms with E-state index in [9.17, 15) is 9.18 Å². The van der Waals surface area contributed by atoms with E-state index >= 15 is 0 Å². The third kappa shape index (κ3) is 5.02. The molecule has 138 valence electrons. The average molecular weight is 363 g/mol. The van der Waals surface area contributed by atoms with Crippen molar-refractivity contribution < 1.29 is 13.9 Å². The first-order chi connectivity index (χ1) is 12.9. The smallest absolute Gasteiger partial charge is 0.326 e. The Kier molecular flexibility index (Phi) is 5.67. The summed E-state index contributed by atoms with van der Waals surface area (Å²) in [6.07, 6.45) is 0.365. The summed E-state index contributed by atoms with van der Waals surface area (Å²) < 4.78 is 18.4. The van der Waals surface area contributed by atoms with Crippen molar-refractivity contribution in [2.24, 2.45) is 5.73 Å². The van der Waals surface area contributed by atoms with E-state index in [0.717, 1.165) is 22.3 Å². The molecule has 0 aliphatic carbocycles. The summed E-state index contributed by atoms with van der Waals surface area (Å²) >= 11 is 0. The molecule has 0 saturated heterocycles. The fraction of sp³-hybridized carbons (Fsp3) is 0.174. The van der Waals surface area contributed by atoms with Gasteiger partial charge in [-0.3, -0.25) is 4.79 Å². The Morgan fingerprint density at radius 3 is 2.04 bits per heavy atom. The van der Waals surface area contributed by atoms with Gasteiger partial charge in [0.1, 0.15) is 18.0 Å². The van der Waals surface area contributed by atoms with Gasteiger partial charge < -0.3 is 10.5 Å². The van der Waals surface area contributed by atoms with Gasteiger partial charge in [0, 0.05) is 6.42 Å². The Morgan fingerprint density at radius 1 is 0.889 bits per heavy atom. The lowest BCUT2D eigenvalue weighted by Crippen LogP contribution is -2.48. The van der Waals surface area contributed by atoms with Crippen LogP contribution >= 0.6 is 0 Å². The van der Waals surface area contributed by atoms with Gasteiger partial charge in [0.2, 0.25) is 0 Å². The largest absolute Gasteiger partial charge is 0.459 e. The van der Waals surface area contributed by atoms with Crippen LogP contribution in [-0.2, 0) is 22.6 Å². The summed E-state index contributed by atoms with van der Waals surface area (Å²) in [6.45, 7) is 1.88. The Bertz CT molecular complexity index is 888. The normalized spacial score (nSPS) is 13.0. The minimum atomic E-state index is -1.12. The molecule has 4 heteroatoms. The number of nitrogens with two attached hydrogens (primary N) is 1. The van der Waals surface area contributed by atoms with Crippen molar-refractivity contribution >= 4 is 5.97 Å². The van der Waals surface area contributed by atoms with Gasteiger partial charge in [-0.2, -0.15) is 0 Å². The molecule has 0 radical (unpaired) electrons. The number of rotatable bonds is 6. The SMILES string of the molecule is C[C@@](N)(Cc1ccc(-c2ccc(F)cc2)cc1)C(=O)OCc1ccccc1. The Morgan fingerprint density at radius 2 is 1.44 bits per heavy atom. The highest BCUT2D eigenvalue weighted by atomic mass is 19.1. The highest BCUT2D eigenvalue weighted by Gasteiger charge is 2.30. The van der Waals surface area contributed by atoms with Crippen molar-refractivity contribution in [2.75, 3.05) is 0 Å². The maximum absolute atomic E-state index is 13.0. The number of esters is 1. The van der Waals surface area contributed by atoms with Crippen molar-refractivity contribution in [1.29, 1.82) is 0 Å². The van der Waals surface area contributed by atoms with Gasteiger partial charge in [-0.15, -0.1) is 0 Å². The van der Waals surface area contributed by atoms with Crippen LogP contribution in [-0.4, -0.2) is 11.5 Å². The van der Waals surface area contributed by atoms with Crippen LogP contribution in [0.15, 0.2) is 78.9 Å². The van der Waals surface area contributed by atoms with Gasteiger partial charge in [0.15, 0.2) is 0 Å². The van der Waals surface area contributed by atoms with E-state index in [4.69, 9.17) is 10.5 Å². The molecular formula is C23H22FNO2. The molecule has 27 heavy (non-hydrogen) atoms. The highest BCUT2D eigenvalue weighted by Crippen LogP contribution is 2.22. The van der Waals surface area contributed by atoms with Gasteiger partial charge in [0.05, 0.1) is 0 Å². The lowest BCUT2D eigenvalue weighted by molar-refractivity contribution is -0.150. The summed E-state index contributed by atoms with van der Waals surface area (Å²) in [5.74, 6) is -0.697. The third-order valence-corrected chi connectivity index (χ3v) is 4.38. The van der Waals surface area contributed by atoms with Crippen LogP contribution in [0, 0.1) is 5.82 Å². The molecule has 0 fully saturated rings. The van der Waals surface area contributed by atoms with Crippen LogP contribution < -0.4 is 5.73 Å². The van der Waals surface area contributed by atoms with Gasteiger partial charge in [-0.05, 0) is 41.3 Å². The standard InChI is InChI=1S/C23H22FNO2/c1-23(25,22(26)27-16-18-5-3-2-4-6-18)15-17-7-9-19(10-8-17)20-11-13-21(24)14-12-20/h2-14H,15-16,25H2,1H3/t23-/m1/s1. The van der Waals surface area contributed by atoms with Crippen LogP contribution in [0.1, 0.15) is 18.1 Å². The second-order valence-corrected chi connectivity index (χ2v) is 6.86. The maximum Gasteiger partial charge on any atom is 0.326 e. The third-order valence-electron chi connectivity index (χ3n) is 4.38. The van der Waals surface area contributed by atoms with E-state index < -0.39 is 11.5 Å². The Balaban J connectivity index is 1.62. The highest BCUT2D eigenvalue weighted by molar-refractivity contribution is 5.80. The number of benzene rings is 3. The van der Waals surface area contributed by atoms with Crippen LogP contribution in [0.5, 0.6) is 0 Å². The molecule has 0 amide bonds. The Hall–Kier alpha value is -2.98. The molecule has 0 bridgehead atoms. The molecule has 3 nitrogen and oxygen atoms in total. The van der Waals surface area contributed by atoms with E-state index in [1.165, 1.54) is 12.1 Å². The molecule has 3 aromatic rings. The summed E-state index contributed by atoms with van der Waals surface area (Å²) in [5, 5.41) is 0. The summed E-state index contributed by atoms with van der Waals surface area (Å²) in [4.78, 5) is 12.4. The first-order valence-electron chi connectivity index (χ1n) is 8.79. The second kappa shape index (κ2) is 8.14. The predicted molar refractivity (Wildman–Crippen MR) is 104 cm³/mol. The van der Waals surface area contributed by atoms with Crippen molar-refractivity contribution in [2.45, 2.75) is 25.5 Å². The minimum Gasteiger partial charge on any atom is -0.459 e. The van der Waals surface area contributed by atoms with Crippen molar-refractivity contribution in [3.8, 4) is 11.1 Å². The first kappa shape index (κ1) is 18.8.